The van der Waals surface area contributed by atoms with Gasteiger partial charge in [0.2, 0.25) is 0 Å². The van der Waals surface area contributed by atoms with Gasteiger partial charge in [-0.2, -0.15) is 13.2 Å². The lowest BCUT2D eigenvalue weighted by molar-refractivity contribution is -0.137. The average molecular weight is 422 g/mol. The Bertz CT molecular complexity index is 830. The Labute approximate surface area is 163 Å². The van der Waals surface area contributed by atoms with E-state index < -0.39 is 30.1 Å². The number of anilines is 1. The fourth-order valence-corrected chi connectivity index (χ4v) is 2.31. The van der Waals surface area contributed by atoms with Crippen molar-refractivity contribution in [2.45, 2.75) is 6.18 Å². The van der Waals surface area contributed by atoms with Crippen LogP contribution in [0.15, 0.2) is 36.4 Å². The summed E-state index contributed by atoms with van der Waals surface area (Å²) < 4.78 is 67.2. The number of hydrogen-bond donors (Lipinski definition) is 1. The molecular weight excluding hydrogens is 406 g/mol. The van der Waals surface area contributed by atoms with Crippen LogP contribution in [0, 0.1) is 5.82 Å². The van der Waals surface area contributed by atoms with Gasteiger partial charge >= 0.3 is 6.18 Å². The van der Waals surface area contributed by atoms with Crippen molar-refractivity contribution in [3.63, 3.8) is 0 Å². The number of benzene rings is 2. The third-order valence-corrected chi connectivity index (χ3v) is 3.67. The van der Waals surface area contributed by atoms with Crippen molar-refractivity contribution in [3.05, 3.63) is 52.8 Å². The number of nitrogens with one attached hydrogen (secondary N) is 1. The molecule has 28 heavy (non-hydrogen) atoms. The molecule has 2 aromatic rings. The van der Waals surface area contributed by atoms with Crippen LogP contribution in [0.25, 0.3) is 0 Å². The predicted molar refractivity (Wildman–Crippen MR) is 94.3 cm³/mol. The van der Waals surface area contributed by atoms with Crippen LogP contribution in [0.5, 0.6) is 11.5 Å². The molecule has 1 amide bonds. The minimum absolute atomic E-state index is 0.0400. The van der Waals surface area contributed by atoms with E-state index in [0.29, 0.717) is 0 Å². The molecule has 0 bridgehead atoms. The van der Waals surface area contributed by atoms with Gasteiger partial charge in [0.05, 0.1) is 22.9 Å². The average Bonchev–Trinajstić information content (AvgIpc) is 2.61. The van der Waals surface area contributed by atoms with Gasteiger partial charge in [0, 0.05) is 7.11 Å². The zero-order valence-corrected chi connectivity index (χ0v) is 15.4. The molecule has 10 heteroatoms. The van der Waals surface area contributed by atoms with Gasteiger partial charge in [-0.15, -0.1) is 0 Å². The summed E-state index contributed by atoms with van der Waals surface area (Å²) in [6, 6.07) is 6.02. The topological polar surface area (TPSA) is 56.8 Å². The Kier molecular flexibility index (Phi) is 7.47. The van der Waals surface area contributed by atoms with E-state index in [1.807, 2.05) is 0 Å². The van der Waals surface area contributed by atoms with E-state index in [-0.39, 0.29) is 35.4 Å². The van der Waals surface area contributed by atoms with Crippen LogP contribution in [-0.2, 0) is 15.7 Å². The molecule has 0 saturated heterocycles. The van der Waals surface area contributed by atoms with Gasteiger partial charge in [0.25, 0.3) is 5.91 Å². The predicted octanol–water partition coefficient (Wildman–Crippen LogP) is 4.54. The highest BCUT2D eigenvalue weighted by atomic mass is 35.5. The monoisotopic (exact) mass is 421 g/mol. The molecule has 0 heterocycles. The number of methoxy groups -OCH3 is 1. The summed E-state index contributed by atoms with van der Waals surface area (Å²) in [5.74, 6) is -1.24. The molecule has 0 aliphatic heterocycles. The molecule has 5 nitrogen and oxygen atoms in total. The van der Waals surface area contributed by atoms with Crippen molar-refractivity contribution in [1.29, 1.82) is 0 Å². The minimum Gasteiger partial charge on any atom is -0.489 e. The van der Waals surface area contributed by atoms with Gasteiger partial charge in [-0.3, -0.25) is 4.79 Å². The lowest BCUT2D eigenvalue weighted by Crippen LogP contribution is -2.21. The maximum Gasteiger partial charge on any atom is 0.416 e. The fraction of sp³-hybridized carbons (Fsp3) is 0.278. The zero-order chi connectivity index (χ0) is 20.7. The summed E-state index contributed by atoms with van der Waals surface area (Å²) in [7, 11) is 1.44. The fourth-order valence-electron chi connectivity index (χ4n) is 2.09. The molecule has 152 valence electrons. The summed E-state index contributed by atoms with van der Waals surface area (Å²) >= 11 is 5.79. The molecule has 0 aliphatic rings. The normalized spacial score (nSPS) is 11.2. The maximum absolute atomic E-state index is 13.0. The lowest BCUT2D eigenvalue weighted by atomic mass is 10.1. The number of alkyl halides is 3. The molecule has 2 rings (SSSR count). The first kappa shape index (κ1) is 21.8. The van der Waals surface area contributed by atoms with E-state index in [1.54, 1.807) is 0 Å². The first-order valence-corrected chi connectivity index (χ1v) is 8.29. The van der Waals surface area contributed by atoms with Crippen LogP contribution < -0.4 is 14.8 Å². The summed E-state index contributed by atoms with van der Waals surface area (Å²) in [6.07, 6.45) is -4.59. The highest BCUT2D eigenvalue weighted by molar-refractivity contribution is 6.32. The van der Waals surface area contributed by atoms with Crippen molar-refractivity contribution in [2.24, 2.45) is 0 Å². The number of hydrogen-bond acceptors (Lipinski definition) is 4. The second-order valence-corrected chi connectivity index (χ2v) is 5.87. The standard InChI is InChI=1S/C18H16ClF4NO4/c1-26-6-7-27-16-4-2-11(18(21,22)23)8-14(16)24-17(25)10-28-15-5-3-12(20)9-13(15)19/h2-5,8-9H,6-7,10H2,1H3,(H,24,25). The zero-order valence-electron chi connectivity index (χ0n) is 14.6. The van der Waals surface area contributed by atoms with Crippen LogP contribution >= 0.6 is 11.6 Å². The van der Waals surface area contributed by atoms with E-state index in [2.05, 4.69) is 5.32 Å². The van der Waals surface area contributed by atoms with Crippen LogP contribution in [-0.4, -0.2) is 32.8 Å². The number of rotatable bonds is 8. The molecule has 1 N–H and O–H groups in total. The smallest absolute Gasteiger partial charge is 0.416 e. The third kappa shape index (κ3) is 6.28. The molecule has 0 radical (unpaired) electrons. The van der Waals surface area contributed by atoms with Crippen LogP contribution in [0.2, 0.25) is 5.02 Å². The van der Waals surface area contributed by atoms with Crippen molar-refractivity contribution in [3.8, 4) is 11.5 Å². The molecule has 0 aromatic heterocycles. The molecule has 0 unspecified atom stereocenters. The Balaban J connectivity index is 2.11. The maximum atomic E-state index is 13.0. The summed E-state index contributed by atoms with van der Waals surface area (Å²) in [5.41, 5.74) is -1.13. The molecular formula is C18H16ClF4NO4. The number of amides is 1. The van der Waals surface area contributed by atoms with Crippen LogP contribution in [0.4, 0.5) is 23.2 Å². The highest BCUT2D eigenvalue weighted by Crippen LogP contribution is 2.35. The van der Waals surface area contributed by atoms with Gasteiger partial charge in [-0.05, 0) is 36.4 Å². The van der Waals surface area contributed by atoms with E-state index in [4.69, 9.17) is 25.8 Å². The molecule has 0 spiro atoms. The number of carbonyl (C=O) groups is 1. The van der Waals surface area contributed by atoms with Gasteiger partial charge < -0.3 is 19.5 Å². The summed E-state index contributed by atoms with van der Waals surface area (Å²) in [4.78, 5) is 12.1. The van der Waals surface area contributed by atoms with Gasteiger partial charge in [0.15, 0.2) is 6.61 Å². The largest absolute Gasteiger partial charge is 0.489 e. The van der Waals surface area contributed by atoms with Crippen LogP contribution in [0.1, 0.15) is 5.56 Å². The van der Waals surface area contributed by atoms with Gasteiger partial charge in [-0.1, -0.05) is 11.6 Å². The SMILES string of the molecule is COCCOc1ccc(C(F)(F)F)cc1NC(=O)COc1ccc(F)cc1Cl. The molecule has 0 saturated carbocycles. The third-order valence-electron chi connectivity index (χ3n) is 3.38. The number of carbonyl (C=O) groups excluding carboxylic acids is 1. The van der Waals surface area contributed by atoms with Crippen molar-refractivity contribution in [1.82, 2.24) is 0 Å². The molecule has 0 atom stereocenters. The van der Waals surface area contributed by atoms with Crippen molar-refractivity contribution >= 4 is 23.2 Å². The van der Waals surface area contributed by atoms with Crippen molar-refractivity contribution < 1.29 is 36.6 Å². The Hall–Kier alpha value is -2.52. The summed E-state index contributed by atoms with van der Waals surface area (Å²) in [5, 5.41) is 2.26. The van der Waals surface area contributed by atoms with Gasteiger partial charge in [-0.25, -0.2) is 4.39 Å². The molecule has 2 aromatic carbocycles. The van der Waals surface area contributed by atoms with E-state index in [1.165, 1.54) is 13.2 Å². The highest BCUT2D eigenvalue weighted by Gasteiger charge is 2.31. The van der Waals surface area contributed by atoms with E-state index in [9.17, 15) is 22.4 Å². The van der Waals surface area contributed by atoms with Gasteiger partial charge in [0.1, 0.15) is 23.9 Å². The summed E-state index contributed by atoms with van der Waals surface area (Å²) in [6.45, 7) is -0.272. The molecule has 0 aliphatic carbocycles. The van der Waals surface area contributed by atoms with Crippen molar-refractivity contribution in [2.75, 3.05) is 32.2 Å². The Morgan fingerprint density at radius 3 is 2.43 bits per heavy atom. The quantitative estimate of drug-likeness (QED) is 0.502. The lowest BCUT2D eigenvalue weighted by Gasteiger charge is -2.15. The Morgan fingerprint density at radius 1 is 1.07 bits per heavy atom. The molecule has 0 fully saturated rings. The Morgan fingerprint density at radius 2 is 1.79 bits per heavy atom. The number of ether oxygens (including phenoxy) is 3. The van der Waals surface area contributed by atoms with E-state index >= 15 is 0 Å². The first-order chi connectivity index (χ1) is 13.2. The second-order valence-electron chi connectivity index (χ2n) is 5.46. The first-order valence-electron chi connectivity index (χ1n) is 7.91. The van der Waals surface area contributed by atoms with E-state index in [0.717, 1.165) is 30.3 Å². The number of halogens is 5. The second kappa shape index (κ2) is 9.61. The minimum atomic E-state index is -4.59. The van der Waals surface area contributed by atoms with Crippen LogP contribution in [0.3, 0.4) is 0 Å².